The average molecular weight is 613 g/mol. The number of hydrogen-bond acceptors (Lipinski definition) is 11. The Bertz CT molecular complexity index is 1540. The topological polar surface area (TPSA) is 117 Å². The van der Waals surface area contributed by atoms with Crippen molar-refractivity contribution in [3.63, 3.8) is 0 Å². The van der Waals surface area contributed by atoms with Crippen LogP contribution in [0.15, 0.2) is 55.5 Å². The molecule has 4 aliphatic rings. The molecule has 0 spiro atoms. The molecule has 2 N–H and O–H groups in total. The first-order valence-electron chi connectivity index (χ1n) is 15.7. The highest BCUT2D eigenvalue weighted by Crippen LogP contribution is 2.41. The summed E-state index contributed by atoms with van der Waals surface area (Å²) >= 11 is 0. The zero-order valence-corrected chi connectivity index (χ0v) is 25.8. The van der Waals surface area contributed by atoms with Gasteiger partial charge in [-0.3, -0.25) is 19.5 Å². The number of amides is 1. The van der Waals surface area contributed by atoms with E-state index < -0.39 is 0 Å². The first kappa shape index (κ1) is 29.5. The number of nitrogens with zero attached hydrogens (tertiary/aromatic N) is 6. The number of fused-ring (bicyclic) bond motifs is 2. The quantitative estimate of drug-likeness (QED) is 0.335. The molecule has 7 rings (SSSR count). The fourth-order valence-corrected chi connectivity index (χ4v) is 7.04. The van der Waals surface area contributed by atoms with Crippen molar-refractivity contribution in [2.24, 2.45) is 0 Å². The maximum absolute atomic E-state index is 12.5. The molecule has 12 heteroatoms. The molecule has 0 unspecified atom stereocenters. The summed E-state index contributed by atoms with van der Waals surface area (Å²) in [5.74, 6) is 1.56. The summed E-state index contributed by atoms with van der Waals surface area (Å²) in [6.45, 7) is 9.88. The third kappa shape index (κ3) is 6.05. The highest BCUT2D eigenvalue weighted by atomic mass is 16.7. The molecule has 6 heterocycles. The maximum Gasteiger partial charge on any atom is 0.247 e. The lowest BCUT2D eigenvalue weighted by molar-refractivity contribution is -0.111. The highest BCUT2D eigenvalue weighted by molar-refractivity contribution is 6.02. The van der Waals surface area contributed by atoms with Crippen LogP contribution in [-0.4, -0.2) is 83.9 Å². The van der Waals surface area contributed by atoms with Gasteiger partial charge in [0, 0.05) is 62.2 Å². The fourth-order valence-electron chi connectivity index (χ4n) is 7.04. The smallest absolute Gasteiger partial charge is 0.247 e. The van der Waals surface area contributed by atoms with Crippen LogP contribution in [0.25, 0.3) is 0 Å². The van der Waals surface area contributed by atoms with Crippen molar-refractivity contribution in [2.75, 3.05) is 60.6 Å². The van der Waals surface area contributed by atoms with Crippen molar-refractivity contribution in [1.29, 1.82) is 0 Å². The van der Waals surface area contributed by atoms with Gasteiger partial charge in [0.15, 0.2) is 5.82 Å². The summed E-state index contributed by atoms with van der Waals surface area (Å²) in [6.07, 6.45) is 9.18. The number of likely N-dealkylation sites (tertiary alicyclic amines) is 1. The maximum atomic E-state index is 12.5. The van der Waals surface area contributed by atoms with Crippen molar-refractivity contribution in [2.45, 2.75) is 56.8 Å². The van der Waals surface area contributed by atoms with Crippen LogP contribution in [0.3, 0.4) is 0 Å². The molecule has 2 aromatic heterocycles. The van der Waals surface area contributed by atoms with Gasteiger partial charge in [0.05, 0.1) is 49.5 Å². The van der Waals surface area contributed by atoms with E-state index >= 15 is 0 Å². The minimum absolute atomic E-state index is 0.00604. The molecule has 4 aliphatic heterocycles. The normalized spacial score (nSPS) is 23.4. The summed E-state index contributed by atoms with van der Waals surface area (Å²) in [6, 6.07) is 10.9. The molecule has 0 radical (unpaired) electrons. The molecule has 1 amide bonds. The second kappa shape index (κ2) is 12.6. The highest BCUT2D eigenvalue weighted by Gasteiger charge is 2.42. The Morgan fingerprint density at radius 2 is 1.96 bits per heavy atom. The van der Waals surface area contributed by atoms with Crippen LogP contribution in [0.4, 0.5) is 28.7 Å². The summed E-state index contributed by atoms with van der Waals surface area (Å²) in [5.41, 5.74) is 4.29. The van der Waals surface area contributed by atoms with Crippen LogP contribution in [0, 0.1) is 6.92 Å². The summed E-state index contributed by atoms with van der Waals surface area (Å²) in [5, 5.41) is 8.22. The minimum Gasteiger partial charge on any atom is -0.494 e. The molecular weight excluding hydrogens is 572 g/mol. The lowest BCUT2D eigenvalue weighted by Crippen LogP contribution is -2.49. The summed E-state index contributed by atoms with van der Waals surface area (Å²) in [4.78, 5) is 37.0. The Hall–Kier alpha value is -4.26. The standard InChI is InChI=1S/C33H40N8O4/c1-4-33(42)38-26-14-27(30(43-3)15-29(26)39-10-7-23(8-11-39)40-18-25-13-24(40)19-44-25)37-31-16-32(36-20-35-31)41-28(9-12-45-41)22-6-5-21(2)34-17-22/h4-6,14-17,20,23-25,28H,1,7-13,18-19H2,2-3H3,(H,38,42)(H,35,36,37)/t24-,25-,28-/m1/s1. The third-order valence-electron chi connectivity index (χ3n) is 9.34. The Kier molecular flexibility index (Phi) is 8.26. The Balaban J connectivity index is 1.11. The van der Waals surface area contributed by atoms with Crippen LogP contribution in [0.2, 0.25) is 0 Å². The van der Waals surface area contributed by atoms with Crippen LogP contribution >= 0.6 is 0 Å². The molecule has 4 fully saturated rings. The number of nitrogens with one attached hydrogen (secondary N) is 2. The van der Waals surface area contributed by atoms with E-state index in [0.717, 1.165) is 68.9 Å². The van der Waals surface area contributed by atoms with E-state index in [2.05, 4.69) is 48.0 Å². The number of aryl methyl sites for hydroxylation is 1. The number of carbonyl (C=O) groups is 1. The average Bonchev–Trinajstić information content (AvgIpc) is 3.84. The molecular formula is C33H40N8O4. The van der Waals surface area contributed by atoms with E-state index in [0.29, 0.717) is 53.6 Å². The number of aromatic nitrogens is 3. The Labute approximate surface area is 263 Å². The summed E-state index contributed by atoms with van der Waals surface area (Å²) < 4.78 is 11.7. The number of piperidine rings is 1. The molecule has 45 heavy (non-hydrogen) atoms. The molecule has 4 saturated heterocycles. The van der Waals surface area contributed by atoms with Crippen molar-refractivity contribution in [3.05, 3.63) is 66.8 Å². The molecule has 0 saturated carbocycles. The van der Waals surface area contributed by atoms with Gasteiger partial charge in [-0.1, -0.05) is 12.6 Å². The predicted octanol–water partition coefficient (Wildman–Crippen LogP) is 4.38. The molecule has 3 aromatic rings. The molecule has 12 nitrogen and oxygen atoms in total. The van der Waals surface area contributed by atoms with E-state index in [1.165, 1.54) is 12.4 Å². The number of hydrogen-bond donors (Lipinski definition) is 2. The first-order chi connectivity index (χ1) is 22.0. The molecule has 0 aliphatic carbocycles. The van der Waals surface area contributed by atoms with E-state index in [1.54, 1.807) is 7.11 Å². The van der Waals surface area contributed by atoms with Crippen molar-refractivity contribution in [3.8, 4) is 5.75 Å². The van der Waals surface area contributed by atoms with Gasteiger partial charge in [-0.25, -0.2) is 15.0 Å². The Morgan fingerprint density at radius 3 is 2.67 bits per heavy atom. The fraction of sp³-hybridized carbons (Fsp3) is 0.455. The number of benzene rings is 1. The number of pyridine rings is 1. The lowest BCUT2D eigenvalue weighted by atomic mass is 10.0. The van der Waals surface area contributed by atoms with Crippen molar-refractivity contribution >= 4 is 34.6 Å². The van der Waals surface area contributed by atoms with Gasteiger partial charge in [0.2, 0.25) is 5.91 Å². The second-order valence-electron chi connectivity index (χ2n) is 12.1. The number of carbonyl (C=O) groups excluding carboxylic acids is 1. The van der Waals surface area contributed by atoms with Gasteiger partial charge >= 0.3 is 0 Å². The van der Waals surface area contributed by atoms with Crippen molar-refractivity contribution < 1.29 is 19.1 Å². The Morgan fingerprint density at radius 1 is 1.09 bits per heavy atom. The molecule has 3 atom stereocenters. The number of rotatable bonds is 9. The van der Waals surface area contributed by atoms with Crippen molar-refractivity contribution in [1.82, 2.24) is 19.9 Å². The molecule has 236 valence electrons. The zero-order chi connectivity index (χ0) is 30.9. The van der Waals surface area contributed by atoms with Crippen LogP contribution < -0.4 is 25.3 Å². The minimum atomic E-state index is -0.275. The van der Waals surface area contributed by atoms with Gasteiger partial charge in [-0.05, 0) is 50.0 Å². The monoisotopic (exact) mass is 612 g/mol. The van der Waals surface area contributed by atoms with Gasteiger partial charge in [0.1, 0.15) is 17.9 Å². The van der Waals surface area contributed by atoms with E-state index in [4.69, 9.17) is 14.3 Å². The SMILES string of the molecule is C=CC(=O)Nc1cc(Nc2cc(N3OCC[C@@H]3c3ccc(C)nc3)ncn2)c(OC)cc1N1CCC(N2C[C@H]3C[C@@H]2CO3)CC1. The van der Waals surface area contributed by atoms with Gasteiger partial charge in [-0.15, -0.1) is 0 Å². The first-order valence-corrected chi connectivity index (χ1v) is 15.7. The van der Waals surface area contributed by atoms with Crippen LogP contribution in [0.5, 0.6) is 5.75 Å². The van der Waals surface area contributed by atoms with E-state index in [-0.39, 0.29) is 11.9 Å². The van der Waals surface area contributed by atoms with Crippen LogP contribution in [-0.2, 0) is 14.4 Å². The lowest BCUT2D eigenvalue weighted by Gasteiger charge is -2.41. The van der Waals surface area contributed by atoms with E-state index in [1.807, 2.05) is 42.4 Å². The number of anilines is 5. The van der Waals surface area contributed by atoms with Gasteiger partial charge in [0.25, 0.3) is 0 Å². The van der Waals surface area contributed by atoms with Gasteiger partial charge in [-0.2, -0.15) is 0 Å². The number of ether oxygens (including phenoxy) is 2. The number of methoxy groups -OCH3 is 1. The number of morpholine rings is 1. The predicted molar refractivity (Wildman–Crippen MR) is 172 cm³/mol. The molecule has 2 bridgehead atoms. The zero-order valence-electron chi connectivity index (χ0n) is 25.8. The second-order valence-corrected chi connectivity index (χ2v) is 12.1. The largest absolute Gasteiger partial charge is 0.494 e. The van der Waals surface area contributed by atoms with Crippen LogP contribution in [0.1, 0.15) is 43.0 Å². The molecule has 1 aromatic carbocycles. The number of hydroxylamine groups is 1. The third-order valence-corrected chi connectivity index (χ3v) is 9.34. The van der Waals surface area contributed by atoms with Gasteiger partial charge < -0.3 is 25.0 Å². The summed E-state index contributed by atoms with van der Waals surface area (Å²) in [7, 11) is 1.65. The van der Waals surface area contributed by atoms with E-state index in [9.17, 15) is 4.79 Å².